The molecule has 1 aromatic carbocycles. The second-order valence-corrected chi connectivity index (χ2v) is 5.71. The van der Waals surface area contributed by atoms with Crippen LogP contribution in [0.1, 0.15) is 32.6 Å². The number of hydrogen-bond acceptors (Lipinski definition) is 3. The third-order valence-electron chi connectivity index (χ3n) is 3.77. The van der Waals surface area contributed by atoms with Gasteiger partial charge in [-0.15, -0.1) is 0 Å². The minimum atomic E-state index is 0.502. The van der Waals surface area contributed by atoms with E-state index in [-0.39, 0.29) is 0 Å². The van der Waals surface area contributed by atoms with Gasteiger partial charge in [0.15, 0.2) is 0 Å². The minimum Gasteiger partial charge on any atom is -0.495 e. The Morgan fingerprint density at radius 1 is 1.16 bits per heavy atom. The van der Waals surface area contributed by atoms with Crippen LogP contribution in [0.15, 0.2) is 12.1 Å². The van der Waals surface area contributed by atoms with Gasteiger partial charge in [0.25, 0.3) is 0 Å². The van der Waals surface area contributed by atoms with E-state index in [9.17, 15) is 0 Å². The van der Waals surface area contributed by atoms with E-state index in [0.717, 1.165) is 17.4 Å². The van der Waals surface area contributed by atoms with Crippen LogP contribution in [0.2, 0.25) is 5.02 Å². The quantitative estimate of drug-likeness (QED) is 0.891. The molecule has 3 nitrogen and oxygen atoms in total. The molecule has 1 aromatic rings. The Balaban J connectivity index is 2.16. The fourth-order valence-electron chi connectivity index (χ4n) is 2.76. The molecule has 0 saturated heterocycles. The molecule has 1 aliphatic rings. The molecule has 1 N–H and O–H groups in total. The molecule has 4 heteroatoms. The van der Waals surface area contributed by atoms with E-state index in [1.807, 2.05) is 12.1 Å². The van der Waals surface area contributed by atoms with Crippen molar-refractivity contribution in [3.05, 3.63) is 17.2 Å². The molecule has 0 heterocycles. The van der Waals surface area contributed by atoms with Crippen LogP contribution in [0.25, 0.3) is 0 Å². The molecule has 2 atom stereocenters. The zero-order valence-electron chi connectivity index (χ0n) is 11.8. The van der Waals surface area contributed by atoms with E-state index >= 15 is 0 Å². The number of rotatable bonds is 4. The average molecular weight is 284 g/mol. The predicted molar refractivity (Wildman–Crippen MR) is 79.6 cm³/mol. The van der Waals surface area contributed by atoms with E-state index in [4.69, 9.17) is 21.1 Å². The molecular weight excluding hydrogens is 262 g/mol. The molecule has 0 aliphatic heterocycles. The lowest BCUT2D eigenvalue weighted by Crippen LogP contribution is -2.26. The third-order valence-corrected chi connectivity index (χ3v) is 4.07. The Labute approximate surface area is 120 Å². The largest absolute Gasteiger partial charge is 0.495 e. The van der Waals surface area contributed by atoms with Crippen molar-refractivity contribution in [1.29, 1.82) is 0 Å². The molecule has 19 heavy (non-hydrogen) atoms. The van der Waals surface area contributed by atoms with Crippen molar-refractivity contribution in [3.8, 4) is 11.5 Å². The van der Waals surface area contributed by atoms with Gasteiger partial charge < -0.3 is 14.8 Å². The second kappa shape index (κ2) is 6.38. The molecule has 2 rings (SSSR count). The summed E-state index contributed by atoms with van der Waals surface area (Å²) >= 11 is 6.18. The molecule has 0 spiro atoms. The van der Waals surface area contributed by atoms with E-state index in [1.54, 1.807) is 14.2 Å². The van der Waals surface area contributed by atoms with Crippen molar-refractivity contribution in [2.24, 2.45) is 5.92 Å². The van der Waals surface area contributed by atoms with Crippen molar-refractivity contribution < 1.29 is 9.47 Å². The maximum atomic E-state index is 6.18. The molecular formula is C15H22ClNO2. The topological polar surface area (TPSA) is 30.5 Å². The molecule has 0 radical (unpaired) electrons. The normalized spacial score (nSPS) is 22.9. The number of anilines is 1. The van der Waals surface area contributed by atoms with Crippen LogP contribution in [0.5, 0.6) is 11.5 Å². The molecule has 1 fully saturated rings. The zero-order valence-corrected chi connectivity index (χ0v) is 12.6. The summed E-state index contributed by atoms with van der Waals surface area (Å²) in [6.45, 7) is 2.31. The van der Waals surface area contributed by atoms with Crippen LogP contribution in [-0.2, 0) is 0 Å². The monoisotopic (exact) mass is 283 g/mol. The van der Waals surface area contributed by atoms with Crippen LogP contribution in [0.3, 0.4) is 0 Å². The Hall–Kier alpha value is -1.09. The number of benzene rings is 1. The van der Waals surface area contributed by atoms with Crippen molar-refractivity contribution in [1.82, 2.24) is 0 Å². The lowest BCUT2D eigenvalue weighted by atomic mass is 9.87. The maximum Gasteiger partial charge on any atom is 0.145 e. The highest BCUT2D eigenvalue weighted by atomic mass is 35.5. The summed E-state index contributed by atoms with van der Waals surface area (Å²) in [5.41, 5.74) is 0.951. The molecule has 2 unspecified atom stereocenters. The highest BCUT2D eigenvalue weighted by Gasteiger charge is 2.20. The lowest BCUT2D eigenvalue weighted by molar-refractivity contribution is 0.356. The van der Waals surface area contributed by atoms with Gasteiger partial charge in [-0.3, -0.25) is 0 Å². The van der Waals surface area contributed by atoms with Gasteiger partial charge in [0.1, 0.15) is 11.5 Å². The molecule has 106 valence electrons. The lowest BCUT2D eigenvalue weighted by Gasteiger charge is -2.29. The Bertz CT molecular complexity index is 436. The summed E-state index contributed by atoms with van der Waals surface area (Å²) in [6, 6.07) is 4.22. The first-order valence-electron chi connectivity index (χ1n) is 6.82. The minimum absolute atomic E-state index is 0.502. The summed E-state index contributed by atoms with van der Waals surface area (Å²) in [5, 5.41) is 4.16. The standard InChI is InChI=1S/C15H22ClNO2/c1-10-5-4-6-11(7-10)17-13-8-12(16)14(18-2)9-15(13)19-3/h8-11,17H,4-7H2,1-3H3. The number of halogens is 1. The molecule has 1 saturated carbocycles. The Morgan fingerprint density at radius 3 is 2.53 bits per heavy atom. The van der Waals surface area contributed by atoms with E-state index in [2.05, 4.69) is 12.2 Å². The first kappa shape index (κ1) is 14.3. The van der Waals surface area contributed by atoms with Crippen molar-refractivity contribution >= 4 is 17.3 Å². The molecule has 1 aliphatic carbocycles. The highest BCUT2D eigenvalue weighted by Crippen LogP contribution is 2.37. The molecule has 0 amide bonds. The SMILES string of the molecule is COc1cc(OC)c(NC2CCCC(C)C2)cc1Cl. The van der Waals surface area contributed by atoms with Gasteiger partial charge in [-0.1, -0.05) is 31.4 Å². The zero-order chi connectivity index (χ0) is 13.8. The van der Waals surface area contributed by atoms with Crippen molar-refractivity contribution in [2.45, 2.75) is 38.6 Å². The molecule has 0 bridgehead atoms. The Morgan fingerprint density at radius 2 is 1.89 bits per heavy atom. The number of hydrogen-bond donors (Lipinski definition) is 1. The first-order chi connectivity index (χ1) is 9.13. The number of ether oxygens (including phenoxy) is 2. The highest BCUT2D eigenvalue weighted by molar-refractivity contribution is 6.32. The van der Waals surface area contributed by atoms with E-state index in [0.29, 0.717) is 16.8 Å². The van der Waals surface area contributed by atoms with Gasteiger partial charge in [0.05, 0.1) is 24.9 Å². The summed E-state index contributed by atoms with van der Waals surface area (Å²) < 4.78 is 10.6. The summed E-state index contributed by atoms with van der Waals surface area (Å²) in [5.74, 6) is 2.20. The fourth-order valence-corrected chi connectivity index (χ4v) is 3.00. The Kier molecular flexibility index (Phi) is 4.81. The summed E-state index contributed by atoms with van der Waals surface area (Å²) in [7, 11) is 3.27. The van der Waals surface area contributed by atoms with Gasteiger partial charge in [-0.05, 0) is 24.8 Å². The molecule has 0 aromatic heterocycles. The second-order valence-electron chi connectivity index (χ2n) is 5.30. The average Bonchev–Trinajstić information content (AvgIpc) is 2.39. The summed E-state index contributed by atoms with van der Waals surface area (Å²) in [4.78, 5) is 0. The van der Waals surface area contributed by atoms with Crippen LogP contribution < -0.4 is 14.8 Å². The van der Waals surface area contributed by atoms with Crippen LogP contribution >= 0.6 is 11.6 Å². The van der Waals surface area contributed by atoms with Gasteiger partial charge in [0, 0.05) is 12.1 Å². The van der Waals surface area contributed by atoms with Gasteiger partial charge in [0.2, 0.25) is 0 Å². The van der Waals surface area contributed by atoms with Gasteiger partial charge in [-0.25, -0.2) is 0 Å². The first-order valence-corrected chi connectivity index (χ1v) is 7.20. The number of nitrogens with one attached hydrogen (secondary N) is 1. The summed E-state index contributed by atoms with van der Waals surface area (Å²) in [6.07, 6.45) is 5.02. The van der Waals surface area contributed by atoms with Gasteiger partial charge >= 0.3 is 0 Å². The van der Waals surface area contributed by atoms with E-state index in [1.165, 1.54) is 25.7 Å². The van der Waals surface area contributed by atoms with Crippen molar-refractivity contribution in [3.63, 3.8) is 0 Å². The van der Waals surface area contributed by atoms with Crippen LogP contribution in [0, 0.1) is 5.92 Å². The third kappa shape index (κ3) is 3.47. The smallest absolute Gasteiger partial charge is 0.145 e. The van der Waals surface area contributed by atoms with E-state index < -0.39 is 0 Å². The van der Waals surface area contributed by atoms with Crippen molar-refractivity contribution in [2.75, 3.05) is 19.5 Å². The van der Waals surface area contributed by atoms with Crippen LogP contribution in [-0.4, -0.2) is 20.3 Å². The predicted octanol–water partition coefficient (Wildman–Crippen LogP) is 4.35. The maximum absolute atomic E-state index is 6.18. The fraction of sp³-hybridized carbons (Fsp3) is 0.600. The van der Waals surface area contributed by atoms with Gasteiger partial charge in [-0.2, -0.15) is 0 Å². The van der Waals surface area contributed by atoms with Crippen LogP contribution in [0.4, 0.5) is 5.69 Å². The number of methoxy groups -OCH3 is 2.